The van der Waals surface area contributed by atoms with Crippen molar-refractivity contribution in [2.75, 3.05) is 26.6 Å². The fraction of sp³-hybridized carbons (Fsp3) is 0.241. The van der Waals surface area contributed by atoms with E-state index in [0.717, 1.165) is 16.7 Å². The predicted octanol–water partition coefficient (Wildman–Crippen LogP) is 5.47. The van der Waals surface area contributed by atoms with Gasteiger partial charge in [-0.2, -0.15) is 0 Å². The molecular weight excluding hydrogens is 456 g/mol. The van der Waals surface area contributed by atoms with E-state index in [-0.39, 0.29) is 17.9 Å². The average Bonchev–Trinajstić information content (AvgIpc) is 2.89. The number of methoxy groups -OCH3 is 3. The van der Waals surface area contributed by atoms with Crippen molar-refractivity contribution in [3.8, 4) is 17.2 Å². The molecule has 1 N–H and O–H groups in total. The molecule has 0 saturated heterocycles. The average molecular weight is 489 g/mol. The number of nitrogens with zero attached hydrogens (tertiary/aromatic N) is 1. The van der Waals surface area contributed by atoms with Gasteiger partial charge in [0.1, 0.15) is 0 Å². The third-order valence-electron chi connectivity index (χ3n) is 5.74. The van der Waals surface area contributed by atoms with Crippen molar-refractivity contribution in [2.24, 2.45) is 0 Å². The maximum atomic E-state index is 13.5. The first-order valence-electron chi connectivity index (χ1n) is 11.6. The summed E-state index contributed by atoms with van der Waals surface area (Å²) in [5.41, 5.74) is 3.34. The van der Waals surface area contributed by atoms with Crippen LogP contribution in [0, 0.1) is 0 Å². The standard InChI is InChI=1S/C29H32N2O5/c1-20(24-12-9-13-25(18-24)30-21(2)32)31(19-22-10-7-6-8-11-22)28(33)15-14-23-16-26(34-3)29(36-5)27(17-23)35-4/h6-18,20H,19H2,1-5H3,(H,30,32)/b15-14-/t20-/m0/s1. The highest BCUT2D eigenvalue weighted by Crippen LogP contribution is 2.38. The van der Waals surface area contributed by atoms with Crippen LogP contribution in [0.1, 0.15) is 36.6 Å². The van der Waals surface area contributed by atoms with Crippen LogP contribution in [0.15, 0.2) is 72.8 Å². The van der Waals surface area contributed by atoms with E-state index in [2.05, 4.69) is 5.32 Å². The minimum absolute atomic E-state index is 0.148. The molecule has 0 unspecified atom stereocenters. The lowest BCUT2D eigenvalue weighted by molar-refractivity contribution is -0.128. The Bertz CT molecular complexity index is 1200. The number of amides is 2. The van der Waals surface area contributed by atoms with Gasteiger partial charge in [0.15, 0.2) is 11.5 Å². The van der Waals surface area contributed by atoms with Crippen LogP contribution in [0.4, 0.5) is 5.69 Å². The van der Waals surface area contributed by atoms with Crippen LogP contribution in [0.3, 0.4) is 0 Å². The maximum absolute atomic E-state index is 13.5. The largest absolute Gasteiger partial charge is 0.493 e. The number of benzene rings is 3. The van der Waals surface area contributed by atoms with E-state index in [0.29, 0.717) is 29.5 Å². The minimum Gasteiger partial charge on any atom is -0.493 e. The van der Waals surface area contributed by atoms with Gasteiger partial charge in [0.25, 0.3) is 0 Å². The molecule has 1 atom stereocenters. The van der Waals surface area contributed by atoms with Gasteiger partial charge in [0, 0.05) is 25.2 Å². The van der Waals surface area contributed by atoms with Gasteiger partial charge in [-0.25, -0.2) is 0 Å². The molecule has 0 aliphatic carbocycles. The normalized spacial score (nSPS) is 11.6. The van der Waals surface area contributed by atoms with E-state index in [9.17, 15) is 9.59 Å². The summed E-state index contributed by atoms with van der Waals surface area (Å²) in [7, 11) is 4.64. The first-order chi connectivity index (χ1) is 17.4. The topological polar surface area (TPSA) is 77.1 Å². The van der Waals surface area contributed by atoms with Crippen molar-refractivity contribution in [1.29, 1.82) is 0 Å². The van der Waals surface area contributed by atoms with E-state index in [1.165, 1.54) is 13.0 Å². The quantitative estimate of drug-likeness (QED) is 0.383. The van der Waals surface area contributed by atoms with Gasteiger partial charge in [-0.05, 0) is 54.0 Å². The number of anilines is 1. The Balaban J connectivity index is 1.93. The molecule has 3 aromatic carbocycles. The Labute approximate surface area is 212 Å². The molecule has 2 amide bonds. The highest BCUT2D eigenvalue weighted by atomic mass is 16.5. The van der Waals surface area contributed by atoms with Gasteiger partial charge in [0.05, 0.1) is 27.4 Å². The first-order valence-corrected chi connectivity index (χ1v) is 11.6. The van der Waals surface area contributed by atoms with Gasteiger partial charge in [0.2, 0.25) is 17.6 Å². The van der Waals surface area contributed by atoms with Crippen LogP contribution in [-0.2, 0) is 16.1 Å². The molecule has 0 fully saturated rings. The summed E-state index contributed by atoms with van der Waals surface area (Å²) in [6.45, 7) is 3.86. The van der Waals surface area contributed by atoms with Crippen molar-refractivity contribution in [3.05, 3.63) is 89.5 Å². The highest BCUT2D eigenvalue weighted by Gasteiger charge is 2.21. The van der Waals surface area contributed by atoms with Crippen LogP contribution in [-0.4, -0.2) is 38.0 Å². The molecule has 0 aromatic heterocycles. The summed E-state index contributed by atoms with van der Waals surface area (Å²) < 4.78 is 16.2. The monoisotopic (exact) mass is 488 g/mol. The molecule has 0 spiro atoms. The van der Waals surface area contributed by atoms with Gasteiger partial charge < -0.3 is 24.4 Å². The summed E-state index contributed by atoms with van der Waals surface area (Å²) in [5.74, 6) is 1.19. The van der Waals surface area contributed by atoms with Gasteiger partial charge in [-0.15, -0.1) is 0 Å². The van der Waals surface area contributed by atoms with Crippen LogP contribution in [0.5, 0.6) is 17.2 Å². The molecule has 0 radical (unpaired) electrons. The molecule has 7 heteroatoms. The van der Waals surface area contributed by atoms with Crippen molar-refractivity contribution < 1.29 is 23.8 Å². The van der Waals surface area contributed by atoms with Gasteiger partial charge >= 0.3 is 0 Å². The predicted molar refractivity (Wildman–Crippen MR) is 141 cm³/mol. The summed E-state index contributed by atoms with van der Waals surface area (Å²) >= 11 is 0. The van der Waals surface area contributed by atoms with Gasteiger partial charge in [-0.1, -0.05) is 42.5 Å². The Hall–Kier alpha value is -4.26. The lowest BCUT2D eigenvalue weighted by Crippen LogP contribution is -2.31. The molecule has 36 heavy (non-hydrogen) atoms. The van der Waals surface area contributed by atoms with Crippen molar-refractivity contribution in [2.45, 2.75) is 26.4 Å². The third kappa shape index (κ3) is 6.66. The summed E-state index contributed by atoms with van der Waals surface area (Å²) in [5, 5.41) is 2.81. The van der Waals surface area contributed by atoms with Crippen LogP contribution < -0.4 is 19.5 Å². The fourth-order valence-electron chi connectivity index (χ4n) is 3.91. The van der Waals surface area contributed by atoms with E-state index in [1.54, 1.807) is 44.4 Å². The second-order valence-electron chi connectivity index (χ2n) is 8.23. The van der Waals surface area contributed by atoms with Crippen LogP contribution in [0.25, 0.3) is 6.08 Å². The zero-order valence-corrected chi connectivity index (χ0v) is 21.3. The molecule has 3 aromatic rings. The number of ether oxygens (including phenoxy) is 3. The number of carbonyl (C=O) groups is 2. The maximum Gasteiger partial charge on any atom is 0.247 e. The molecular formula is C29H32N2O5. The molecule has 0 saturated carbocycles. The van der Waals surface area contributed by atoms with Crippen molar-refractivity contribution in [3.63, 3.8) is 0 Å². The molecule has 0 bridgehead atoms. The van der Waals surface area contributed by atoms with Crippen LogP contribution in [0.2, 0.25) is 0 Å². The smallest absolute Gasteiger partial charge is 0.247 e. The van der Waals surface area contributed by atoms with Gasteiger partial charge in [-0.3, -0.25) is 9.59 Å². The Kier molecular flexibility index (Phi) is 9.11. The van der Waals surface area contributed by atoms with E-state index in [1.807, 2.05) is 61.5 Å². The number of rotatable bonds is 10. The van der Waals surface area contributed by atoms with Crippen LogP contribution >= 0.6 is 0 Å². The second kappa shape index (κ2) is 12.4. The summed E-state index contributed by atoms with van der Waals surface area (Å²) in [4.78, 5) is 26.8. The highest BCUT2D eigenvalue weighted by molar-refractivity contribution is 5.92. The summed E-state index contributed by atoms with van der Waals surface area (Å²) in [6.07, 6.45) is 3.27. The van der Waals surface area contributed by atoms with Crippen molar-refractivity contribution in [1.82, 2.24) is 4.90 Å². The third-order valence-corrected chi connectivity index (χ3v) is 5.74. The Morgan fingerprint density at radius 2 is 1.58 bits per heavy atom. The zero-order chi connectivity index (χ0) is 26.1. The number of hydrogen-bond donors (Lipinski definition) is 1. The molecule has 0 aliphatic heterocycles. The number of hydrogen-bond acceptors (Lipinski definition) is 5. The molecule has 7 nitrogen and oxygen atoms in total. The fourth-order valence-corrected chi connectivity index (χ4v) is 3.91. The van der Waals surface area contributed by atoms with E-state index >= 15 is 0 Å². The molecule has 3 rings (SSSR count). The summed E-state index contributed by atoms with van der Waals surface area (Å²) in [6, 6.07) is 20.7. The lowest BCUT2D eigenvalue weighted by atomic mass is 10.0. The zero-order valence-electron chi connectivity index (χ0n) is 21.3. The number of nitrogens with one attached hydrogen (secondary N) is 1. The lowest BCUT2D eigenvalue weighted by Gasteiger charge is -2.29. The first kappa shape index (κ1) is 26.3. The molecule has 0 heterocycles. The Morgan fingerprint density at radius 3 is 2.17 bits per heavy atom. The molecule has 0 aliphatic rings. The van der Waals surface area contributed by atoms with Crippen molar-refractivity contribution >= 4 is 23.6 Å². The Morgan fingerprint density at radius 1 is 0.917 bits per heavy atom. The molecule has 188 valence electrons. The number of carbonyl (C=O) groups excluding carboxylic acids is 2. The van der Waals surface area contributed by atoms with E-state index < -0.39 is 0 Å². The SMILES string of the molecule is COc1cc(/C=C\C(=O)N(Cc2ccccc2)[C@@H](C)c2cccc(NC(C)=O)c2)cc(OC)c1OC. The minimum atomic E-state index is -0.254. The van der Waals surface area contributed by atoms with E-state index in [4.69, 9.17) is 14.2 Å². The second-order valence-corrected chi connectivity index (χ2v) is 8.23.